The summed E-state index contributed by atoms with van der Waals surface area (Å²) in [7, 11) is 0. The molecule has 0 aliphatic rings. The summed E-state index contributed by atoms with van der Waals surface area (Å²) in [6.45, 7) is 2.24. The van der Waals surface area contributed by atoms with E-state index in [1.54, 1.807) is 11.4 Å². The van der Waals surface area contributed by atoms with Crippen LogP contribution in [0, 0.1) is 0 Å². The van der Waals surface area contributed by atoms with Crippen molar-refractivity contribution in [3.63, 3.8) is 0 Å². The summed E-state index contributed by atoms with van der Waals surface area (Å²) in [4.78, 5) is 0. The first kappa shape index (κ1) is 15.9. The fraction of sp³-hybridized carbons (Fsp3) is 0.889. The fourth-order valence-corrected chi connectivity index (χ4v) is 1.66. The number of halogens is 1. The lowest BCUT2D eigenvalue weighted by atomic mass is 10.1. The van der Waals surface area contributed by atoms with E-state index in [4.69, 9.17) is 11.5 Å². The van der Waals surface area contributed by atoms with Gasteiger partial charge in [-0.2, -0.15) is 0 Å². The van der Waals surface area contributed by atoms with E-state index in [2.05, 4.69) is 6.92 Å². The van der Waals surface area contributed by atoms with E-state index in [-0.39, 0.29) is 17.0 Å². The molecule has 0 rings (SSSR count). The maximum atomic E-state index is 5.31. The van der Waals surface area contributed by atoms with Crippen LogP contribution in [0.2, 0.25) is 0 Å². The second-order valence-corrected chi connectivity index (χ2v) is 4.19. The van der Waals surface area contributed by atoms with Crippen LogP contribution in [0.25, 0.3) is 0 Å². The first-order valence-corrected chi connectivity index (χ1v) is 5.76. The third kappa shape index (κ3) is 15.3. The molecule has 0 aliphatic heterocycles. The summed E-state index contributed by atoms with van der Waals surface area (Å²) in [5.74, 6) is 1.08. The van der Waals surface area contributed by atoms with Crippen LogP contribution in [0.4, 0.5) is 0 Å². The van der Waals surface area contributed by atoms with Crippen LogP contribution in [0.3, 0.4) is 0 Å². The third-order valence-electron chi connectivity index (χ3n) is 1.77. The normalized spacial score (nSPS) is 9.15. The van der Waals surface area contributed by atoms with Crippen LogP contribution in [0.5, 0.6) is 0 Å². The molecule has 0 spiro atoms. The molecular weight excluding hydrogens is 248 g/mol. The quantitative estimate of drug-likeness (QED) is 0.334. The van der Waals surface area contributed by atoms with Gasteiger partial charge in [0.2, 0.25) is 11.4 Å². The molecule has 2 nitrogen and oxygen atoms in total. The van der Waals surface area contributed by atoms with Gasteiger partial charge in [-0.15, -0.1) is 0 Å². The maximum Gasteiger partial charge on any atom is 0.314 e. The van der Waals surface area contributed by atoms with Gasteiger partial charge in [0.15, 0.2) is 5.75 Å². The number of hydrogen-bond acceptors (Lipinski definition) is 0. The van der Waals surface area contributed by atoms with E-state index < -0.39 is 0 Å². The van der Waals surface area contributed by atoms with Gasteiger partial charge in [0.1, 0.15) is 0 Å². The average Bonchev–Trinajstić information content (AvgIpc) is 2.02. The Morgan fingerprint density at radius 3 is 2.08 bits per heavy atom. The Morgan fingerprint density at radius 2 is 1.54 bits per heavy atom. The van der Waals surface area contributed by atoms with Crippen LogP contribution in [0.1, 0.15) is 45.4 Å². The van der Waals surface area contributed by atoms with Gasteiger partial charge < -0.3 is 17.0 Å². The third-order valence-corrected chi connectivity index (χ3v) is 2.59. The summed E-state index contributed by atoms with van der Waals surface area (Å²) in [6, 6.07) is 0. The van der Waals surface area contributed by atoms with Crippen molar-refractivity contribution in [3.8, 4) is 0 Å². The van der Waals surface area contributed by atoms with Gasteiger partial charge in [-0.3, -0.25) is 0 Å². The molecule has 0 heterocycles. The van der Waals surface area contributed by atoms with Crippen LogP contribution >= 0.6 is 0 Å². The molecule has 4 N–H and O–H groups in total. The lowest BCUT2D eigenvalue weighted by molar-refractivity contribution is -0.00000285. The molecule has 0 aromatic heterocycles. The summed E-state index contributed by atoms with van der Waals surface area (Å²) in [5, 5.41) is 0.503. The van der Waals surface area contributed by atoms with E-state index >= 15 is 0 Å². The van der Waals surface area contributed by atoms with Crippen molar-refractivity contribution in [1.82, 2.24) is 0 Å². The van der Waals surface area contributed by atoms with Crippen LogP contribution in [-0.4, -0.2) is 10.9 Å². The second-order valence-electron chi connectivity index (χ2n) is 3.02. The summed E-state index contributed by atoms with van der Waals surface area (Å²) >= 11 is 1.57. The Morgan fingerprint density at radius 1 is 1.00 bits per heavy atom. The molecule has 80 valence electrons. The Labute approximate surface area is 96.2 Å². The summed E-state index contributed by atoms with van der Waals surface area (Å²) in [6.07, 6.45) is 7.99. The molecule has 0 radical (unpaired) electrons. The van der Waals surface area contributed by atoms with E-state index in [1.807, 2.05) is 0 Å². The number of nitrogens with two attached hydrogens (primary N) is 2. The standard InChI is InChI=1S/C9H21N2S.BrH/c1-2-3-4-5-6-7-8-12-9(10)11;/h2-8,10-11H2,1H3;1H/q+1;/p-1. The van der Waals surface area contributed by atoms with Crippen molar-refractivity contribution in [2.45, 2.75) is 45.4 Å². The molecule has 13 heavy (non-hydrogen) atoms. The van der Waals surface area contributed by atoms with Crippen molar-refractivity contribution < 1.29 is 17.0 Å². The average molecular weight is 269 g/mol. The first-order chi connectivity index (χ1) is 5.77. The van der Waals surface area contributed by atoms with Crippen molar-refractivity contribution >= 4 is 16.5 Å². The van der Waals surface area contributed by atoms with Crippen molar-refractivity contribution in [1.29, 1.82) is 0 Å². The largest absolute Gasteiger partial charge is 1.00 e. The maximum absolute atomic E-state index is 5.31. The van der Waals surface area contributed by atoms with Crippen LogP contribution in [0.15, 0.2) is 0 Å². The molecule has 0 atom stereocenters. The van der Waals surface area contributed by atoms with Gasteiger partial charge in [0.25, 0.3) is 0 Å². The zero-order valence-electron chi connectivity index (χ0n) is 8.39. The molecule has 0 aliphatic carbocycles. The molecule has 0 aromatic carbocycles. The van der Waals surface area contributed by atoms with Gasteiger partial charge in [-0.1, -0.05) is 32.6 Å². The monoisotopic (exact) mass is 268 g/mol. The molecular formula is C9H21BrN2S. The van der Waals surface area contributed by atoms with Gasteiger partial charge in [-0.05, 0) is 6.42 Å². The van der Waals surface area contributed by atoms with E-state index in [1.165, 1.54) is 38.5 Å². The molecule has 0 aromatic rings. The number of unbranched alkanes of at least 4 members (excludes halogenated alkanes) is 5. The van der Waals surface area contributed by atoms with Gasteiger partial charge in [0, 0.05) is 6.42 Å². The van der Waals surface area contributed by atoms with Crippen molar-refractivity contribution in [2.75, 3.05) is 5.75 Å². The van der Waals surface area contributed by atoms with E-state index in [0.29, 0.717) is 5.11 Å². The fourth-order valence-electron chi connectivity index (χ4n) is 1.07. The highest BCUT2D eigenvalue weighted by Gasteiger charge is 1.98. The highest BCUT2D eigenvalue weighted by atomic mass is 79.9. The highest BCUT2D eigenvalue weighted by Crippen LogP contribution is 2.04. The Bertz CT molecular complexity index is 125. The number of hydrogen-bond donors (Lipinski definition) is 2. The molecule has 0 bridgehead atoms. The van der Waals surface area contributed by atoms with Crippen molar-refractivity contribution in [2.24, 2.45) is 11.5 Å². The predicted molar refractivity (Wildman–Crippen MR) is 59.0 cm³/mol. The molecule has 0 amide bonds. The number of rotatable bonds is 7. The molecule has 0 saturated heterocycles. The Balaban J connectivity index is 0. The minimum Gasteiger partial charge on any atom is -1.00 e. The van der Waals surface area contributed by atoms with Crippen molar-refractivity contribution in [3.05, 3.63) is 0 Å². The molecule has 4 heteroatoms. The first-order valence-electron chi connectivity index (χ1n) is 4.78. The summed E-state index contributed by atoms with van der Waals surface area (Å²) in [5.41, 5.74) is 10.6. The predicted octanol–water partition coefficient (Wildman–Crippen LogP) is -1.56. The Hall–Kier alpha value is 0.490. The van der Waals surface area contributed by atoms with Crippen LogP contribution < -0.4 is 28.4 Å². The van der Waals surface area contributed by atoms with Gasteiger partial charge in [0.05, 0.1) is 0 Å². The highest BCUT2D eigenvalue weighted by molar-refractivity contribution is 7.78. The van der Waals surface area contributed by atoms with Crippen LogP contribution in [-0.2, 0) is 11.4 Å². The van der Waals surface area contributed by atoms with E-state index in [0.717, 1.165) is 5.75 Å². The SMILES string of the molecule is CCCCCCCC[S+]=C(N)N.[Br-]. The zero-order chi connectivity index (χ0) is 9.23. The smallest absolute Gasteiger partial charge is 0.314 e. The molecule has 0 fully saturated rings. The minimum absolute atomic E-state index is 0. The van der Waals surface area contributed by atoms with E-state index in [9.17, 15) is 0 Å². The van der Waals surface area contributed by atoms with Gasteiger partial charge in [-0.25, -0.2) is 11.5 Å². The summed E-state index contributed by atoms with van der Waals surface area (Å²) < 4.78 is 0. The Kier molecular flexibility index (Phi) is 15.3. The lowest BCUT2D eigenvalue weighted by Crippen LogP contribution is -3.00. The van der Waals surface area contributed by atoms with Gasteiger partial charge >= 0.3 is 5.11 Å². The lowest BCUT2D eigenvalue weighted by Gasteiger charge is -1.94. The topological polar surface area (TPSA) is 52.0 Å². The molecule has 0 unspecified atom stereocenters. The minimum atomic E-state index is 0. The zero-order valence-corrected chi connectivity index (χ0v) is 10.8. The molecule has 0 saturated carbocycles. The second kappa shape index (κ2) is 12.5.